The van der Waals surface area contributed by atoms with E-state index in [-0.39, 0.29) is 19.3 Å². The maximum atomic E-state index is 9.85. The van der Waals surface area contributed by atoms with Crippen LogP contribution in [0.2, 0.25) is 0 Å². The lowest BCUT2D eigenvalue weighted by Crippen LogP contribution is -2.27. The quantitative estimate of drug-likeness (QED) is 0.669. The smallest absolute Gasteiger partial charge is 0.124 e. The highest BCUT2D eigenvalue weighted by molar-refractivity contribution is 5.40. The van der Waals surface area contributed by atoms with Crippen LogP contribution in [0.25, 0.3) is 0 Å². The Bertz CT molecular complexity index is 413. The van der Waals surface area contributed by atoms with E-state index in [0.717, 1.165) is 11.3 Å². The van der Waals surface area contributed by atoms with Gasteiger partial charge in [0.05, 0.1) is 26.4 Å². The van der Waals surface area contributed by atoms with Gasteiger partial charge in [0.1, 0.15) is 24.2 Å². The molecule has 0 saturated carbocycles. The van der Waals surface area contributed by atoms with Gasteiger partial charge in [0.25, 0.3) is 0 Å². The molecule has 0 aliphatic heterocycles. The zero-order valence-corrected chi connectivity index (χ0v) is 12.9. The minimum absolute atomic E-state index is 0.0646. The van der Waals surface area contributed by atoms with E-state index in [2.05, 4.69) is 0 Å². The zero-order chi connectivity index (χ0) is 15.7. The van der Waals surface area contributed by atoms with Gasteiger partial charge in [0.15, 0.2) is 0 Å². The average molecular weight is 299 g/mol. The van der Waals surface area contributed by atoms with Crippen molar-refractivity contribution in [1.82, 2.24) is 0 Å². The summed E-state index contributed by atoms with van der Waals surface area (Å²) in [6, 6.07) is 5.39. The Morgan fingerprint density at radius 3 is 2.57 bits per heavy atom. The first kappa shape index (κ1) is 17.7. The van der Waals surface area contributed by atoms with Crippen LogP contribution in [-0.2, 0) is 16.0 Å². The highest BCUT2D eigenvalue weighted by atomic mass is 16.5. The maximum absolute atomic E-state index is 9.85. The van der Waals surface area contributed by atoms with Crippen molar-refractivity contribution >= 4 is 0 Å². The van der Waals surface area contributed by atoms with Crippen LogP contribution in [0.3, 0.4) is 0 Å². The molecular weight excluding hydrogens is 274 g/mol. The van der Waals surface area contributed by atoms with Crippen LogP contribution < -0.4 is 15.2 Å². The number of benzene rings is 1. The summed E-state index contributed by atoms with van der Waals surface area (Å²) in [6.07, 6.45) is -0.776. The second kappa shape index (κ2) is 9.57. The summed E-state index contributed by atoms with van der Waals surface area (Å²) in [7, 11) is 3.20. The number of hydrogen-bond acceptors (Lipinski definition) is 6. The van der Waals surface area contributed by atoms with Crippen LogP contribution in [0.15, 0.2) is 18.2 Å². The number of aliphatic hydroxyl groups is 1. The summed E-state index contributed by atoms with van der Waals surface area (Å²) in [5.74, 6) is 1.36. The lowest BCUT2D eigenvalue weighted by molar-refractivity contribution is -0.0423. The number of hydrogen-bond donors (Lipinski definition) is 2. The van der Waals surface area contributed by atoms with E-state index in [0.29, 0.717) is 18.9 Å². The Morgan fingerprint density at radius 2 is 1.95 bits per heavy atom. The number of nitrogens with two attached hydrogens (primary N) is 1. The first-order chi connectivity index (χ1) is 10.1. The topological polar surface area (TPSA) is 83.2 Å². The van der Waals surface area contributed by atoms with Gasteiger partial charge in [-0.15, -0.1) is 0 Å². The van der Waals surface area contributed by atoms with Crippen molar-refractivity contribution in [3.05, 3.63) is 23.8 Å². The van der Waals surface area contributed by atoms with Gasteiger partial charge >= 0.3 is 0 Å². The van der Waals surface area contributed by atoms with Crippen molar-refractivity contribution in [3.8, 4) is 11.5 Å². The Hall–Kier alpha value is -1.34. The van der Waals surface area contributed by atoms with E-state index in [4.69, 9.17) is 24.7 Å². The van der Waals surface area contributed by atoms with Crippen molar-refractivity contribution in [2.75, 3.05) is 34.0 Å². The van der Waals surface area contributed by atoms with Crippen LogP contribution in [0.5, 0.6) is 11.5 Å². The Labute approximate surface area is 125 Å². The predicted octanol–water partition coefficient (Wildman–Crippen LogP) is 0.945. The molecule has 6 nitrogen and oxygen atoms in total. The molecule has 0 aromatic heterocycles. The summed E-state index contributed by atoms with van der Waals surface area (Å²) in [6.45, 7) is 3.04. The zero-order valence-electron chi connectivity index (χ0n) is 12.9. The highest BCUT2D eigenvalue weighted by Crippen LogP contribution is 2.23. The van der Waals surface area contributed by atoms with Gasteiger partial charge in [-0.1, -0.05) is 0 Å². The molecule has 0 radical (unpaired) electrons. The molecule has 2 atom stereocenters. The molecule has 0 aliphatic rings. The second-order valence-corrected chi connectivity index (χ2v) is 4.74. The second-order valence-electron chi connectivity index (χ2n) is 4.74. The van der Waals surface area contributed by atoms with Crippen molar-refractivity contribution < 1.29 is 24.1 Å². The van der Waals surface area contributed by atoms with Crippen molar-refractivity contribution in [3.63, 3.8) is 0 Å². The third-order valence-corrected chi connectivity index (χ3v) is 2.89. The molecule has 0 bridgehead atoms. The number of rotatable bonds is 10. The SMILES string of the molecule is COCC(C)OCC(O)COc1ccc(OC)cc1CN. The molecule has 1 aromatic rings. The first-order valence-electron chi connectivity index (χ1n) is 6.89. The molecule has 2 unspecified atom stereocenters. The Balaban J connectivity index is 2.43. The fourth-order valence-electron chi connectivity index (χ4n) is 1.78. The molecule has 1 aromatic carbocycles. The summed E-state index contributed by atoms with van der Waals surface area (Å²) in [4.78, 5) is 0. The molecule has 1 rings (SSSR count). The van der Waals surface area contributed by atoms with Gasteiger partial charge in [0.2, 0.25) is 0 Å². The Kier molecular flexibility index (Phi) is 8.07. The predicted molar refractivity (Wildman–Crippen MR) is 79.7 cm³/mol. The van der Waals surface area contributed by atoms with Crippen LogP contribution in [0.4, 0.5) is 0 Å². The summed E-state index contributed by atoms with van der Waals surface area (Å²) in [5.41, 5.74) is 6.50. The number of aliphatic hydroxyl groups excluding tert-OH is 1. The number of methoxy groups -OCH3 is 2. The third kappa shape index (κ3) is 6.31. The highest BCUT2D eigenvalue weighted by Gasteiger charge is 2.11. The molecule has 120 valence electrons. The van der Waals surface area contributed by atoms with E-state index < -0.39 is 6.10 Å². The molecule has 0 amide bonds. The lowest BCUT2D eigenvalue weighted by atomic mass is 10.2. The molecule has 0 fully saturated rings. The van der Waals surface area contributed by atoms with Crippen LogP contribution >= 0.6 is 0 Å². The maximum Gasteiger partial charge on any atom is 0.124 e. The van der Waals surface area contributed by atoms with Gasteiger partial charge in [-0.05, 0) is 25.1 Å². The fourth-order valence-corrected chi connectivity index (χ4v) is 1.78. The van der Waals surface area contributed by atoms with Gasteiger partial charge in [0, 0.05) is 19.2 Å². The van der Waals surface area contributed by atoms with Crippen LogP contribution in [-0.4, -0.2) is 51.4 Å². The van der Waals surface area contributed by atoms with Gasteiger partial charge in [-0.2, -0.15) is 0 Å². The largest absolute Gasteiger partial charge is 0.497 e. The Morgan fingerprint density at radius 1 is 1.19 bits per heavy atom. The minimum atomic E-state index is -0.711. The van der Waals surface area contributed by atoms with Gasteiger partial charge in [-0.3, -0.25) is 0 Å². The first-order valence-corrected chi connectivity index (χ1v) is 6.89. The van der Waals surface area contributed by atoms with E-state index in [9.17, 15) is 5.11 Å². The van der Waals surface area contributed by atoms with Gasteiger partial charge < -0.3 is 29.8 Å². The summed E-state index contributed by atoms with van der Waals surface area (Å²) in [5, 5.41) is 9.85. The van der Waals surface area contributed by atoms with E-state index >= 15 is 0 Å². The summed E-state index contributed by atoms with van der Waals surface area (Å²) < 4.78 is 21.1. The molecule has 0 aliphatic carbocycles. The standard InChI is InChI=1S/C15H25NO5/c1-11(8-18-2)20-9-13(17)10-21-15-5-4-14(19-3)6-12(15)7-16/h4-6,11,13,17H,7-10,16H2,1-3H3. The average Bonchev–Trinajstić information content (AvgIpc) is 2.51. The molecule has 0 heterocycles. The monoisotopic (exact) mass is 299 g/mol. The minimum Gasteiger partial charge on any atom is -0.497 e. The molecule has 0 spiro atoms. The van der Waals surface area contributed by atoms with Crippen molar-refractivity contribution in [1.29, 1.82) is 0 Å². The van der Waals surface area contributed by atoms with Crippen molar-refractivity contribution in [2.45, 2.75) is 25.7 Å². The third-order valence-electron chi connectivity index (χ3n) is 2.89. The lowest BCUT2D eigenvalue weighted by Gasteiger charge is -2.17. The van der Waals surface area contributed by atoms with Crippen molar-refractivity contribution in [2.24, 2.45) is 5.73 Å². The molecule has 3 N–H and O–H groups in total. The van der Waals surface area contributed by atoms with E-state index in [1.807, 2.05) is 13.0 Å². The van der Waals surface area contributed by atoms with Gasteiger partial charge in [-0.25, -0.2) is 0 Å². The molecular formula is C15H25NO5. The normalized spacial score (nSPS) is 13.8. The van der Waals surface area contributed by atoms with E-state index in [1.165, 1.54) is 0 Å². The molecule has 6 heteroatoms. The fraction of sp³-hybridized carbons (Fsp3) is 0.600. The van der Waals surface area contributed by atoms with E-state index in [1.54, 1.807) is 26.4 Å². The summed E-state index contributed by atoms with van der Waals surface area (Å²) >= 11 is 0. The van der Waals surface area contributed by atoms with Crippen LogP contribution in [0.1, 0.15) is 12.5 Å². The molecule has 0 saturated heterocycles. The number of ether oxygens (including phenoxy) is 4. The van der Waals surface area contributed by atoms with Crippen LogP contribution in [0, 0.1) is 0 Å². The molecule has 21 heavy (non-hydrogen) atoms.